The number of β-amino-alcohol motifs (C(OH)–C–C–N with tert-alkyl or cyclic N) is 1. The van der Waals surface area contributed by atoms with Crippen LogP contribution in [0.1, 0.15) is 90.4 Å². The van der Waals surface area contributed by atoms with Crippen molar-refractivity contribution in [3.8, 4) is 10.4 Å². The molecule has 9 nitrogen and oxygen atoms in total. The molecule has 3 rings (SSSR count). The average molecular weight is 600 g/mol. The summed E-state index contributed by atoms with van der Waals surface area (Å²) >= 11 is 1.59. The molecule has 1 saturated heterocycles. The normalized spacial score (nSPS) is 18.5. The van der Waals surface area contributed by atoms with Crippen LogP contribution in [0.25, 0.3) is 10.4 Å². The number of aliphatic hydroxyl groups excluding tert-OH is 1. The van der Waals surface area contributed by atoms with E-state index in [2.05, 4.69) is 27.9 Å². The van der Waals surface area contributed by atoms with Gasteiger partial charge >= 0.3 is 0 Å². The van der Waals surface area contributed by atoms with Gasteiger partial charge < -0.3 is 26.0 Å². The highest BCUT2D eigenvalue weighted by atomic mass is 32.1. The molecule has 1 aliphatic rings. The smallest absolute Gasteiger partial charge is 0.246 e. The van der Waals surface area contributed by atoms with E-state index in [4.69, 9.17) is 0 Å². The monoisotopic (exact) mass is 599 g/mol. The molecular weight excluding hydrogens is 550 g/mol. The third-order valence-corrected chi connectivity index (χ3v) is 8.80. The SMILES string of the molecule is CCNCCCCCCC(=O)N[C@H](C(=O)N1C[C@H](O)C[C@H]1C(=O)N[C@@H](C)c1ccc(-c2scnc2C)cc1)C(C)(C)C. The quantitative estimate of drug-likeness (QED) is 0.240. The molecule has 4 N–H and O–H groups in total. The van der Waals surface area contributed by atoms with Crippen molar-refractivity contribution in [2.45, 2.75) is 104 Å². The molecule has 0 radical (unpaired) electrons. The van der Waals surface area contributed by atoms with Gasteiger partial charge in [0, 0.05) is 19.4 Å². The summed E-state index contributed by atoms with van der Waals surface area (Å²) in [7, 11) is 0. The molecule has 10 heteroatoms. The van der Waals surface area contributed by atoms with E-state index in [-0.39, 0.29) is 36.7 Å². The van der Waals surface area contributed by atoms with Gasteiger partial charge in [-0.25, -0.2) is 4.98 Å². The Morgan fingerprint density at radius 3 is 2.40 bits per heavy atom. The second-order valence-corrected chi connectivity index (χ2v) is 13.3. The van der Waals surface area contributed by atoms with Crippen LogP contribution in [0, 0.1) is 12.3 Å². The first-order valence-electron chi connectivity index (χ1n) is 15.2. The van der Waals surface area contributed by atoms with Crippen LogP contribution >= 0.6 is 11.3 Å². The zero-order valence-corrected chi connectivity index (χ0v) is 26.9. The summed E-state index contributed by atoms with van der Waals surface area (Å²) in [5.74, 6) is -0.817. The predicted molar refractivity (Wildman–Crippen MR) is 168 cm³/mol. The van der Waals surface area contributed by atoms with Crippen molar-refractivity contribution in [2.75, 3.05) is 19.6 Å². The number of aromatic nitrogens is 1. The van der Waals surface area contributed by atoms with E-state index in [9.17, 15) is 19.5 Å². The largest absolute Gasteiger partial charge is 0.391 e. The van der Waals surface area contributed by atoms with Gasteiger partial charge in [-0.3, -0.25) is 14.4 Å². The summed E-state index contributed by atoms with van der Waals surface area (Å²) < 4.78 is 0. The molecule has 1 aliphatic heterocycles. The minimum atomic E-state index is -0.812. The highest BCUT2D eigenvalue weighted by molar-refractivity contribution is 7.13. The fraction of sp³-hybridized carbons (Fsp3) is 0.625. The molecule has 0 spiro atoms. The fourth-order valence-electron chi connectivity index (χ4n) is 5.31. The molecule has 4 atom stereocenters. The second kappa shape index (κ2) is 15.6. The number of benzene rings is 1. The first-order valence-corrected chi connectivity index (χ1v) is 16.1. The summed E-state index contributed by atoms with van der Waals surface area (Å²) in [6, 6.07) is 6.10. The van der Waals surface area contributed by atoms with Crippen LogP contribution in [0.2, 0.25) is 0 Å². The van der Waals surface area contributed by atoms with E-state index < -0.39 is 23.6 Å². The lowest BCUT2D eigenvalue weighted by Crippen LogP contribution is -2.57. The standard InChI is InChI=1S/C32H49N5O4S/c1-7-33-17-11-9-8-10-12-27(39)36-29(32(4,5)6)31(41)37-19-25(38)18-26(37)30(40)35-21(2)23-13-15-24(16-14-23)28-22(3)34-20-42-28/h13-16,20-21,25-26,29,33,38H,7-12,17-19H2,1-6H3,(H,35,40)(H,36,39)/t21-,25+,26-,29+/m0/s1. The van der Waals surface area contributed by atoms with Crippen molar-refractivity contribution in [1.29, 1.82) is 0 Å². The van der Waals surface area contributed by atoms with E-state index in [1.54, 1.807) is 11.3 Å². The van der Waals surface area contributed by atoms with E-state index >= 15 is 0 Å². The fourth-order valence-corrected chi connectivity index (χ4v) is 6.13. The minimum absolute atomic E-state index is 0.0580. The number of thiazole rings is 1. The lowest BCUT2D eigenvalue weighted by atomic mass is 9.85. The van der Waals surface area contributed by atoms with E-state index in [1.807, 2.05) is 64.4 Å². The Bertz CT molecular complexity index is 1180. The first-order chi connectivity index (χ1) is 19.9. The topological polar surface area (TPSA) is 124 Å². The molecule has 232 valence electrons. The van der Waals surface area contributed by atoms with Gasteiger partial charge in [-0.2, -0.15) is 0 Å². The Hall–Kier alpha value is -2.82. The number of hydrogen-bond acceptors (Lipinski definition) is 7. The van der Waals surface area contributed by atoms with Crippen LogP contribution in [0.15, 0.2) is 29.8 Å². The van der Waals surface area contributed by atoms with Gasteiger partial charge in [-0.05, 0) is 56.3 Å². The number of carbonyl (C=O) groups excluding carboxylic acids is 3. The number of amides is 3. The maximum absolute atomic E-state index is 13.8. The minimum Gasteiger partial charge on any atom is -0.391 e. The zero-order valence-electron chi connectivity index (χ0n) is 26.0. The molecule has 1 fully saturated rings. The lowest BCUT2D eigenvalue weighted by molar-refractivity contribution is -0.144. The number of likely N-dealkylation sites (tertiary alicyclic amines) is 1. The van der Waals surface area contributed by atoms with E-state index in [0.29, 0.717) is 6.42 Å². The maximum Gasteiger partial charge on any atom is 0.246 e. The van der Waals surface area contributed by atoms with Crippen molar-refractivity contribution >= 4 is 29.1 Å². The lowest BCUT2D eigenvalue weighted by Gasteiger charge is -2.35. The van der Waals surface area contributed by atoms with Crippen molar-refractivity contribution in [3.05, 3.63) is 41.0 Å². The Morgan fingerprint density at radius 2 is 1.79 bits per heavy atom. The Labute approximate surface area is 254 Å². The molecule has 0 unspecified atom stereocenters. The number of unbranched alkanes of at least 4 members (excludes halogenated alkanes) is 3. The summed E-state index contributed by atoms with van der Waals surface area (Å²) in [5, 5.41) is 19.8. The highest BCUT2D eigenvalue weighted by Gasteiger charge is 2.44. The van der Waals surface area contributed by atoms with Crippen LogP contribution in [0.4, 0.5) is 0 Å². The average Bonchev–Trinajstić information content (AvgIpc) is 3.55. The van der Waals surface area contributed by atoms with Crippen molar-refractivity contribution in [1.82, 2.24) is 25.8 Å². The first kappa shape index (κ1) is 33.7. The van der Waals surface area contributed by atoms with Crippen molar-refractivity contribution in [3.63, 3.8) is 0 Å². The van der Waals surface area contributed by atoms with E-state index in [1.165, 1.54) is 4.90 Å². The third-order valence-electron chi connectivity index (χ3n) is 7.82. The van der Waals surface area contributed by atoms with Crippen LogP contribution in [0.5, 0.6) is 0 Å². The molecule has 2 heterocycles. The molecule has 0 aliphatic carbocycles. The Kier molecular flexibility index (Phi) is 12.5. The van der Waals surface area contributed by atoms with Gasteiger partial charge in [0.15, 0.2) is 0 Å². The molecule has 3 amide bonds. The van der Waals surface area contributed by atoms with Gasteiger partial charge in [-0.1, -0.05) is 64.8 Å². The number of rotatable bonds is 14. The number of carbonyl (C=O) groups is 3. The molecule has 1 aromatic carbocycles. The number of aryl methyl sites for hydroxylation is 1. The van der Waals surface area contributed by atoms with Crippen molar-refractivity contribution in [2.24, 2.45) is 5.41 Å². The van der Waals surface area contributed by atoms with Gasteiger partial charge in [0.1, 0.15) is 12.1 Å². The predicted octanol–water partition coefficient (Wildman–Crippen LogP) is 4.35. The maximum atomic E-state index is 13.8. The summed E-state index contributed by atoms with van der Waals surface area (Å²) in [4.78, 5) is 47.0. The molecule has 42 heavy (non-hydrogen) atoms. The summed E-state index contributed by atoms with van der Waals surface area (Å²) in [6.45, 7) is 13.7. The number of nitrogens with one attached hydrogen (secondary N) is 3. The van der Waals surface area contributed by atoms with Crippen LogP contribution in [-0.4, -0.2) is 70.5 Å². The van der Waals surface area contributed by atoms with Gasteiger partial charge in [-0.15, -0.1) is 11.3 Å². The molecular formula is C32H49N5O4S. The van der Waals surface area contributed by atoms with Crippen molar-refractivity contribution < 1.29 is 19.5 Å². The van der Waals surface area contributed by atoms with Crippen LogP contribution in [-0.2, 0) is 14.4 Å². The van der Waals surface area contributed by atoms with E-state index in [0.717, 1.165) is 60.5 Å². The zero-order chi connectivity index (χ0) is 30.9. The molecule has 2 aromatic rings. The Morgan fingerprint density at radius 1 is 1.10 bits per heavy atom. The third kappa shape index (κ3) is 9.34. The number of hydrogen-bond donors (Lipinski definition) is 4. The van der Waals surface area contributed by atoms with Gasteiger partial charge in [0.2, 0.25) is 17.7 Å². The summed E-state index contributed by atoms with van der Waals surface area (Å²) in [5.41, 5.74) is 4.26. The van der Waals surface area contributed by atoms with Crippen LogP contribution < -0.4 is 16.0 Å². The summed E-state index contributed by atoms with van der Waals surface area (Å²) in [6.07, 6.45) is 3.56. The van der Waals surface area contributed by atoms with Crippen LogP contribution in [0.3, 0.4) is 0 Å². The number of nitrogens with zero attached hydrogens (tertiary/aromatic N) is 2. The molecule has 1 aromatic heterocycles. The highest BCUT2D eigenvalue weighted by Crippen LogP contribution is 2.29. The Balaban J connectivity index is 1.61. The second-order valence-electron chi connectivity index (χ2n) is 12.4. The van der Waals surface area contributed by atoms with Gasteiger partial charge in [0.05, 0.1) is 28.2 Å². The number of aliphatic hydroxyl groups is 1. The van der Waals surface area contributed by atoms with Gasteiger partial charge in [0.25, 0.3) is 0 Å². The molecule has 0 saturated carbocycles. The molecule has 0 bridgehead atoms.